The molecule has 0 N–H and O–H groups in total. The summed E-state index contributed by atoms with van der Waals surface area (Å²) >= 11 is 1.76. The van der Waals surface area contributed by atoms with Crippen molar-refractivity contribution in [3.8, 4) is 28.3 Å². The summed E-state index contributed by atoms with van der Waals surface area (Å²) in [6.45, 7) is 0. The summed E-state index contributed by atoms with van der Waals surface area (Å²) in [4.78, 5) is 10.9. The van der Waals surface area contributed by atoms with Crippen LogP contribution in [0.25, 0.3) is 103 Å². The average molecular weight is 644 g/mol. The maximum absolute atomic E-state index is 6.37. The minimum absolute atomic E-state index is 0.655. The van der Waals surface area contributed by atoms with E-state index in [1.54, 1.807) is 11.3 Å². The number of fused-ring (bicyclic) bond motifs is 11. The first-order valence-corrected chi connectivity index (χ1v) is 17.2. The van der Waals surface area contributed by atoms with E-state index in [-0.39, 0.29) is 0 Å². The van der Waals surface area contributed by atoms with Crippen molar-refractivity contribution in [1.82, 2.24) is 14.5 Å². The number of rotatable bonds is 3. The Morgan fingerprint density at radius 1 is 0.510 bits per heavy atom. The molecule has 11 aromatic rings. The van der Waals surface area contributed by atoms with Gasteiger partial charge in [-0.2, -0.15) is 0 Å². The second kappa shape index (κ2) is 10.1. The van der Waals surface area contributed by atoms with Crippen LogP contribution in [0, 0.1) is 0 Å². The van der Waals surface area contributed by atoms with Gasteiger partial charge in [-0.3, -0.25) is 4.57 Å². The van der Waals surface area contributed by atoms with Crippen LogP contribution in [0.4, 0.5) is 0 Å². The number of thiophene rings is 1. The number of aromatic nitrogens is 3. The van der Waals surface area contributed by atoms with Crippen molar-refractivity contribution in [3.05, 3.63) is 152 Å². The molecule has 4 heterocycles. The summed E-state index contributed by atoms with van der Waals surface area (Å²) in [5.41, 5.74) is 9.11. The summed E-state index contributed by atoms with van der Waals surface area (Å²) in [6.07, 6.45) is 0. The van der Waals surface area contributed by atoms with E-state index in [2.05, 4.69) is 144 Å². The molecule has 0 spiro atoms. The molecule has 4 nitrogen and oxygen atoms in total. The molecule has 11 rings (SSSR count). The Balaban J connectivity index is 1.34. The normalized spacial score (nSPS) is 12.1. The zero-order valence-electron chi connectivity index (χ0n) is 26.1. The first kappa shape index (κ1) is 26.7. The average Bonchev–Trinajstić information content (AvgIpc) is 3.84. The van der Waals surface area contributed by atoms with Gasteiger partial charge in [-0.05, 0) is 40.6 Å². The molecule has 0 radical (unpaired) electrons. The molecule has 4 aromatic heterocycles. The van der Waals surface area contributed by atoms with Crippen molar-refractivity contribution < 1.29 is 4.42 Å². The van der Waals surface area contributed by atoms with Gasteiger partial charge in [-0.15, -0.1) is 11.3 Å². The third-order valence-electron chi connectivity index (χ3n) is 9.82. The molecule has 49 heavy (non-hydrogen) atoms. The second-order valence-electron chi connectivity index (χ2n) is 12.5. The zero-order valence-corrected chi connectivity index (χ0v) is 26.9. The highest BCUT2D eigenvalue weighted by atomic mass is 32.1. The van der Waals surface area contributed by atoms with Crippen LogP contribution in [-0.4, -0.2) is 14.5 Å². The van der Waals surface area contributed by atoms with E-state index in [9.17, 15) is 0 Å². The van der Waals surface area contributed by atoms with Crippen LogP contribution < -0.4 is 0 Å². The summed E-state index contributed by atoms with van der Waals surface area (Å²) < 4.78 is 11.0. The van der Waals surface area contributed by atoms with E-state index in [0.29, 0.717) is 5.95 Å². The Morgan fingerprint density at radius 3 is 2.14 bits per heavy atom. The lowest BCUT2D eigenvalue weighted by Gasteiger charge is -2.13. The zero-order chi connectivity index (χ0) is 32.1. The topological polar surface area (TPSA) is 43.9 Å². The third-order valence-corrected chi connectivity index (χ3v) is 11.0. The van der Waals surface area contributed by atoms with Crippen LogP contribution in [0.1, 0.15) is 0 Å². The quantitative estimate of drug-likeness (QED) is 0.192. The van der Waals surface area contributed by atoms with Crippen LogP contribution in [0.3, 0.4) is 0 Å². The van der Waals surface area contributed by atoms with Crippen LogP contribution in [0.2, 0.25) is 0 Å². The summed E-state index contributed by atoms with van der Waals surface area (Å²) in [6, 6.07) is 53.5. The monoisotopic (exact) mass is 643 g/mol. The molecule has 0 saturated heterocycles. The van der Waals surface area contributed by atoms with Gasteiger partial charge in [0.25, 0.3) is 0 Å². The molecule has 228 valence electrons. The number of furan rings is 1. The minimum Gasteiger partial charge on any atom is -0.456 e. The molecule has 0 saturated carbocycles. The maximum Gasteiger partial charge on any atom is 0.235 e. The molecule has 0 aliphatic carbocycles. The Morgan fingerprint density at radius 2 is 1.22 bits per heavy atom. The Labute approximate surface area is 284 Å². The number of hydrogen-bond donors (Lipinski definition) is 0. The van der Waals surface area contributed by atoms with E-state index in [4.69, 9.17) is 14.4 Å². The fraction of sp³-hybridized carbons (Fsp3) is 0. The van der Waals surface area contributed by atoms with Crippen molar-refractivity contribution in [2.45, 2.75) is 0 Å². The van der Waals surface area contributed by atoms with Gasteiger partial charge >= 0.3 is 0 Å². The highest BCUT2D eigenvalue weighted by molar-refractivity contribution is 7.26. The fourth-order valence-electron chi connectivity index (χ4n) is 7.73. The predicted octanol–water partition coefficient (Wildman–Crippen LogP) is 12.3. The molecule has 0 atom stereocenters. The van der Waals surface area contributed by atoms with Crippen molar-refractivity contribution >= 4 is 86.2 Å². The Bertz CT molecular complexity index is 3110. The van der Waals surface area contributed by atoms with Crippen molar-refractivity contribution in [1.29, 1.82) is 0 Å². The summed E-state index contributed by atoms with van der Waals surface area (Å²) in [5.74, 6) is 0.655. The lowest BCUT2D eigenvalue weighted by atomic mass is 9.96. The highest BCUT2D eigenvalue weighted by Gasteiger charge is 2.24. The van der Waals surface area contributed by atoms with E-state index in [1.807, 2.05) is 12.1 Å². The minimum atomic E-state index is 0.655. The lowest BCUT2D eigenvalue weighted by Crippen LogP contribution is -2.03. The van der Waals surface area contributed by atoms with Crippen molar-refractivity contribution in [2.24, 2.45) is 0 Å². The number of hydrogen-bond acceptors (Lipinski definition) is 4. The van der Waals surface area contributed by atoms with E-state index < -0.39 is 0 Å². The fourth-order valence-corrected chi connectivity index (χ4v) is 8.88. The van der Waals surface area contributed by atoms with Gasteiger partial charge in [-0.25, -0.2) is 9.97 Å². The molecule has 0 aliphatic heterocycles. The largest absolute Gasteiger partial charge is 0.456 e. The van der Waals surface area contributed by atoms with Gasteiger partial charge < -0.3 is 4.42 Å². The van der Waals surface area contributed by atoms with Crippen molar-refractivity contribution in [2.75, 3.05) is 0 Å². The predicted molar refractivity (Wildman–Crippen MR) is 205 cm³/mol. The van der Waals surface area contributed by atoms with Crippen molar-refractivity contribution in [3.63, 3.8) is 0 Å². The molecule has 7 aromatic carbocycles. The Hall–Kier alpha value is -6.30. The molecule has 0 fully saturated rings. The van der Waals surface area contributed by atoms with Gasteiger partial charge in [0.15, 0.2) is 0 Å². The molecule has 0 amide bonds. The van der Waals surface area contributed by atoms with E-state index >= 15 is 0 Å². The van der Waals surface area contributed by atoms with Crippen LogP contribution in [0.15, 0.2) is 156 Å². The second-order valence-corrected chi connectivity index (χ2v) is 13.6. The number of para-hydroxylation sites is 2. The molecule has 0 aliphatic rings. The van der Waals surface area contributed by atoms with E-state index in [1.165, 1.54) is 20.9 Å². The lowest BCUT2D eigenvalue weighted by molar-refractivity contribution is 0.669. The summed E-state index contributed by atoms with van der Waals surface area (Å²) in [7, 11) is 0. The molecular formula is C44H25N3OS. The molecule has 5 heteroatoms. The van der Waals surface area contributed by atoms with Gasteiger partial charge in [0, 0.05) is 42.8 Å². The van der Waals surface area contributed by atoms with Gasteiger partial charge in [0.2, 0.25) is 5.95 Å². The highest BCUT2D eigenvalue weighted by Crippen LogP contribution is 2.45. The Kier molecular flexibility index (Phi) is 5.51. The SMILES string of the molecule is c1ccc(-c2nc(-n3c4ccc5ccccc5c4c4cccc(-c5cccc6oc7ccccc7c56)c43)nc3c2sc2ccccc23)cc1. The van der Waals surface area contributed by atoms with Gasteiger partial charge in [0.1, 0.15) is 11.2 Å². The first-order chi connectivity index (χ1) is 24.3. The number of benzene rings is 7. The van der Waals surface area contributed by atoms with Gasteiger partial charge in [0.05, 0.1) is 26.9 Å². The molecule has 0 unspecified atom stereocenters. The van der Waals surface area contributed by atoms with E-state index in [0.717, 1.165) is 76.3 Å². The molecular weight excluding hydrogens is 619 g/mol. The molecule has 0 bridgehead atoms. The van der Waals surface area contributed by atoms with Crippen LogP contribution in [-0.2, 0) is 0 Å². The third kappa shape index (κ3) is 3.79. The smallest absolute Gasteiger partial charge is 0.235 e. The summed E-state index contributed by atoms with van der Waals surface area (Å²) in [5, 5.41) is 8.12. The van der Waals surface area contributed by atoms with Gasteiger partial charge in [-0.1, -0.05) is 127 Å². The standard InChI is InChI=1S/C44H25N3OS/c1-2-13-27(14-3-1)40-43-41(32-17-7-9-23-37(32)49-43)46-44(45-40)47-34-25-24-26-12-4-5-15-28(26)38(34)33-20-10-19-30(42(33)47)29-18-11-22-36-39(29)31-16-6-8-21-35(31)48-36/h1-25H. The number of nitrogens with zero attached hydrogens (tertiary/aromatic N) is 3. The first-order valence-electron chi connectivity index (χ1n) is 16.4. The van der Waals surface area contributed by atoms with Crippen LogP contribution in [0.5, 0.6) is 0 Å². The maximum atomic E-state index is 6.37. The van der Waals surface area contributed by atoms with Crippen LogP contribution >= 0.6 is 11.3 Å².